The van der Waals surface area contributed by atoms with E-state index in [-0.39, 0.29) is 7.12 Å². The van der Waals surface area contributed by atoms with Gasteiger partial charge >= 0.3 is 7.12 Å². The van der Waals surface area contributed by atoms with E-state index >= 15 is 0 Å². The molecule has 0 fully saturated rings. The van der Waals surface area contributed by atoms with Crippen LogP contribution >= 0.6 is 0 Å². The molecule has 0 atom stereocenters. The first-order valence-corrected chi connectivity index (χ1v) is 5.51. The third kappa shape index (κ3) is 4.45. The van der Waals surface area contributed by atoms with Crippen molar-refractivity contribution in [3.05, 3.63) is 24.5 Å². The molecule has 82 valence electrons. The van der Waals surface area contributed by atoms with Gasteiger partial charge in [-0.2, -0.15) is 0 Å². The lowest BCUT2D eigenvalue weighted by Crippen LogP contribution is -2.37. The normalized spacial score (nSPS) is 10.3. The fraction of sp³-hybridized carbons (Fsp3) is 0.545. The molecule has 0 amide bonds. The monoisotopic (exact) mass is 207 g/mol. The Labute approximate surface area is 92.0 Å². The Bertz CT molecular complexity index is 248. The lowest BCUT2D eigenvalue weighted by molar-refractivity contribution is 0.207. The van der Waals surface area contributed by atoms with Crippen molar-refractivity contribution in [2.24, 2.45) is 0 Å². The van der Waals surface area contributed by atoms with Crippen molar-refractivity contribution in [3.63, 3.8) is 0 Å². The van der Waals surface area contributed by atoms with Crippen molar-refractivity contribution < 1.29 is 9.31 Å². The van der Waals surface area contributed by atoms with E-state index in [1.165, 1.54) is 0 Å². The van der Waals surface area contributed by atoms with Crippen LogP contribution in [0.1, 0.15) is 26.7 Å². The molecule has 0 aliphatic rings. The second kappa shape index (κ2) is 7.43. The van der Waals surface area contributed by atoms with Gasteiger partial charge in [0.05, 0.1) is 0 Å². The van der Waals surface area contributed by atoms with Crippen molar-refractivity contribution in [2.45, 2.75) is 26.7 Å². The van der Waals surface area contributed by atoms with E-state index in [1.54, 1.807) is 12.4 Å². The average Bonchev–Trinajstić information content (AvgIpc) is 2.30. The zero-order valence-corrected chi connectivity index (χ0v) is 9.48. The van der Waals surface area contributed by atoms with Crippen LogP contribution in [0.5, 0.6) is 0 Å². The van der Waals surface area contributed by atoms with Gasteiger partial charge in [0.1, 0.15) is 0 Å². The fourth-order valence-corrected chi connectivity index (χ4v) is 1.21. The van der Waals surface area contributed by atoms with E-state index in [2.05, 4.69) is 18.8 Å². The van der Waals surface area contributed by atoms with Gasteiger partial charge in [-0.1, -0.05) is 19.9 Å². The maximum Gasteiger partial charge on any atom is 0.495 e. The molecule has 0 aliphatic carbocycles. The Kier molecular flexibility index (Phi) is 6.05. The largest absolute Gasteiger partial charge is 0.495 e. The topological polar surface area (TPSA) is 31.4 Å². The lowest BCUT2D eigenvalue weighted by Gasteiger charge is -2.13. The van der Waals surface area contributed by atoms with Crippen LogP contribution in [0.15, 0.2) is 24.5 Å². The summed E-state index contributed by atoms with van der Waals surface area (Å²) >= 11 is 0. The number of pyridine rings is 1. The molecule has 0 aliphatic heterocycles. The van der Waals surface area contributed by atoms with Gasteiger partial charge in [0.25, 0.3) is 0 Å². The van der Waals surface area contributed by atoms with E-state index in [0.29, 0.717) is 13.2 Å². The van der Waals surface area contributed by atoms with Crippen molar-refractivity contribution in [2.75, 3.05) is 13.2 Å². The zero-order chi connectivity index (χ0) is 10.9. The van der Waals surface area contributed by atoms with E-state index in [9.17, 15) is 0 Å². The number of hydrogen-bond acceptors (Lipinski definition) is 3. The summed E-state index contributed by atoms with van der Waals surface area (Å²) < 4.78 is 11.2. The van der Waals surface area contributed by atoms with E-state index < -0.39 is 0 Å². The second-order valence-corrected chi connectivity index (χ2v) is 3.36. The molecule has 0 radical (unpaired) electrons. The molecule has 0 saturated carbocycles. The highest BCUT2D eigenvalue weighted by atomic mass is 16.6. The minimum atomic E-state index is -0.265. The van der Waals surface area contributed by atoms with Crippen LogP contribution in [0.2, 0.25) is 0 Å². The fourth-order valence-electron chi connectivity index (χ4n) is 1.21. The Morgan fingerprint density at radius 1 is 1.20 bits per heavy atom. The van der Waals surface area contributed by atoms with E-state index in [0.717, 1.165) is 18.3 Å². The molecule has 1 rings (SSSR count). The number of nitrogens with zero attached hydrogens (tertiary/aromatic N) is 1. The SMILES string of the molecule is CCCOB(OCCC)c1cccnc1. The summed E-state index contributed by atoms with van der Waals surface area (Å²) in [4.78, 5) is 4.06. The molecule has 4 heteroatoms. The van der Waals surface area contributed by atoms with Gasteiger partial charge in [0.15, 0.2) is 0 Å². The van der Waals surface area contributed by atoms with Gasteiger partial charge in [-0.3, -0.25) is 4.98 Å². The number of aromatic nitrogens is 1. The number of rotatable bonds is 7. The molecular formula is C11H18BNO2. The molecule has 0 spiro atoms. The molecule has 1 heterocycles. The molecule has 15 heavy (non-hydrogen) atoms. The van der Waals surface area contributed by atoms with Crippen LogP contribution in [0.3, 0.4) is 0 Å². The van der Waals surface area contributed by atoms with Crippen molar-refractivity contribution in [3.8, 4) is 0 Å². The summed E-state index contributed by atoms with van der Waals surface area (Å²) in [6, 6.07) is 3.87. The Balaban J connectivity index is 2.55. The summed E-state index contributed by atoms with van der Waals surface area (Å²) in [6.07, 6.45) is 5.52. The molecule has 0 saturated heterocycles. The van der Waals surface area contributed by atoms with Crippen molar-refractivity contribution >= 4 is 12.6 Å². The van der Waals surface area contributed by atoms with Gasteiger partial charge in [0, 0.05) is 31.1 Å². The highest BCUT2D eigenvalue weighted by Gasteiger charge is 2.20. The number of hydrogen-bond donors (Lipinski definition) is 0. The third-order valence-corrected chi connectivity index (χ3v) is 1.90. The minimum Gasteiger partial charge on any atom is -0.407 e. The summed E-state index contributed by atoms with van der Waals surface area (Å²) in [5.41, 5.74) is 0.986. The summed E-state index contributed by atoms with van der Waals surface area (Å²) in [5, 5.41) is 0. The minimum absolute atomic E-state index is 0.265. The zero-order valence-electron chi connectivity index (χ0n) is 9.48. The molecule has 0 bridgehead atoms. The van der Waals surface area contributed by atoms with Gasteiger partial charge in [-0.25, -0.2) is 0 Å². The van der Waals surface area contributed by atoms with E-state index in [1.807, 2.05) is 12.1 Å². The van der Waals surface area contributed by atoms with Crippen LogP contribution in [-0.2, 0) is 9.31 Å². The third-order valence-electron chi connectivity index (χ3n) is 1.90. The van der Waals surface area contributed by atoms with Crippen molar-refractivity contribution in [1.82, 2.24) is 4.98 Å². The predicted molar refractivity (Wildman–Crippen MR) is 62.1 cm³/mol. The maximum atomic E-state index is 5.62. The van der Waals surface area contributed by atoms with Crippen LogP contribution in [0, 0.1) is 0 Å². The first-order chi connectivity index (χ1) is 7.38. The molecule has 0 N–H and O–H groups in total. The smallest absolute Gasteiger partial charge is 0.407 e. The molecule has 3 nitrogen and oxygen atoms in total. The van der Waals surface area contributed by atoms with Crippen LogP contribution in [0.4, 0.5) is 0 Å². The quantitative estimate of drug-likeness (QED) is 0.636. The van der Waals surface area contributed by atoms with Gasteiger partial charge in [-0.05, 0) is 18.9 Å². The molecule has 0 unspecified atom stereocenters. The van der Waals surface area contributed by atoms with Gasteiger partial charge in [0.2, 0.25) is 0 Å². The first kappa shape index (κ1) is 12.2. The second-order valence-electron chi connectivity index (χ2n) is 3.36. The highest BCUT2D eigenvalue weighted by Crippen LogP contribution is 1.94. The van der Waals surface area contributed by atoms with Crippen molar-refractivity contribution in [1.29, 1.82) is 0 Å². The maximum absolute atomic E-state index is 5.62. The first-order valence-electron chi connectivity index (χ1n) is 5.51. The molecule has 1 aromatic rings. The van der Waals surface area contributed by atoms with Crippen LogP contribution < -0.4 is 5.46 Å². The van der Waals surface area contributed by atoms with Gasteiger partial charge < -0.3 is 9.31 Å². The molecular weight excluding hydrogens is 189 g/mol. The van der Waals surface area contributed by atoms with Gasteiger partial charge in [-0.15, -0.1) is 0 Å². The molecule has 1 aromatic heterocycles. The summed E-state index contributed by atoms with van der Waals surface area (Å²) in [7, 11) is -0.265. The Morgan fingerprint density at radius 3 is 2.33 bits per heavy atom. The Morgan fingerprint density at radius 2 is 1.87 bits per heavy atom. The van der Waals surface area contributed by atoms with E-state index in [4.69, 9.17) is 9.31 Å². The Hall–Kier alpha value is -0.865. The highest BCUT2D eigenvalue weighted by molar-refractivity contribution is 6.61. The molecule has 0 aromatic carbocycles. The van der Waals surface area contributed by atoms with Crippen LogP contribution in [-0.4, -0.2) is 25.3 Å². The standard InChI is InChI=1S/C11H18BNO2/c1-3-8-14-12(15-9-4-2)11-6-5-7-13-10-11/h5-7,10H,3-4,8-9H2,1-2H3. The lowest BCUT2D eigenvalue weighted by atomic mass is 9.80. The summed E-state index contributed by atoms with van der Waals surface area (Å²) in [6.45, 7) is 5.59. The average molecular weight is 207 g/mol. The summed E-state index contributed by atoms with van der Waals surface area (Å²) in [5.74, 6) is 0. The van der Waals surface area contributed by atoms with Crippen LogP contribution in [0.25, 0.3) is 0 Å². The predicted octanol–water partition coefficient (Wildman–Crippen LogP) is 1.63.